The molecule has 2 aromatic carbocycles. The third-order valence-corrected chi connectivity index (χ3v) is 4.72. The highest BCUT2D eigenvalue weighted by Gasteiger charge is 2.22. The normalized spacial score (nSPS) is 11.2. The second-order valence-corrected chi connectivity index (χ2v) is 6.70. The number of fused-ring (bicyclic) bond motifs is 1. The van der Waals surface area contributed by atoms with E-state index in [-0.39, 0.29) is 23.0 Å². The average Bonchev–Trinajstić information content (AvgIpc) is 3.37. The summed E-state index contributed by atoms with van der Waals surface area (Å²) in [7, 11) is 0. The number of para-hydroxylation sites is 1. The van der Waals surface area contributed by atoms with Crippen LogP contribution in [0.25, 0.3) is 39.6 Å². The van der Waals surface area contributed by atoms with Crippen molar-refractivity contribution in [2.45, 2.75) is 0 Å². The van der Waals surface area contributed by atoms with Crippen LogP contribution >= 0.6 is 11.6 Å². The van der Waals surface area contributed by atoms with Gasteiger partial charge in [-0.2, -0.15) is 10.1 Å². The van der Waals surface area contributed by atoms with Crippen molar-refractivity contribution in [3.8, 4) is 34.3 Å². The molecular formula is C20H12ClN5O3. The Morgan fingerprint density at radius 2 is 1.83 bits per heavy atom. The summed E-state index contributed by atoms with van der Waals surface area (Å²) < 4.78 is 6.77. The number of pyridine rings is 1. The van der Waals surface area contributed by atoms with Crippen LogP contribution in [-0.4, -0.2) is 30.0 Å². The van der Waals surface area contributed by atoms with Gasteiger partial charge in [-0.15, -0.1) is 0 Å². The summed E-state index contributed by atoms with van der Waals surface area (Å²) >= 11 is 5.89. The van der Waals surface area contributed by atoms with Gasteiger partial charge < -0.3 is 14.6 Å². The molecule has 0 radical (unpaired) electrons. The van der Waals surface area contributed by atoms with Crippen molar-refractivity contribution in [3.05, 3.63) is 76.2 Å². The molecular weight excluding hydrogens is 394 g/mol. The van der Waals surface area contributed by atoms with Crippen LogP contribution in [0.15, 0.2) is 70.1 Å². The predicted molar refractivity (Wildman–Crippen MR) is 107 cm³/mol. The Morgan fingerprint density at radius 1 is 1.07 bits per heavy atom. The quantitative estimate of drug-likeness (QED) is 0.472. The molecule has 9 heteroatoms. The minimum Gasteiger partial charge on any atom is -0.506 e. The molecule has 5 aromatic rings. The van der Waals surface area contributed by atoms with Gasteiger partial charge in [0.1, 0.15) is 17.0 Å². The average molecular weight is 406 g/mol. The van der Waals surface area contributed by atoms with Crippen molar-refractivity contribution in [1.29, 1.82) is 0 Å². The van der Waals surface area contributed by atoms with E-state index >= 15 is 0 Å². The smallest absolute Gasteiger partial charge is 0.267 e. The molecule has 8 nitrogen and oxygen atoms in total. The summed E-state index contributed by atoms with van der Waals surface area (Å²) in [6.07, 6.45) is 1.47. The highest BCUT2D eigenvalue weighted by molar-refractivity contribution is 6.30. The van der Waals surface area contributed by atoms with Gasteiger partial charge in [0.2, 0.25) is 5.82 Å². The van der Waals surface area contributed by atoms with Crippen LogP contribution < -0.4 is 5.56 Å². The van der Waals surface area contributed by atoms with Crippen molar-refractivity contribution in [1.82, 2.24) is 24.9 Å². The first-order valence-electron chi connectivity index (χ1n) is 8.60. The Bertz CT molecular complexity index is 1390. The SMILES string of the molecule is O=c1[nH]c2c(cnn2-c2ccccc2)c(O)c1-c1nc(-c2ccc(Cl)cc2)no1. The third-order valence-electron chi connectivity index (χ3n) is 4.46. The molecule has 0 saturated heterocycles. The van der Waals surface area contributed by atoms with E-state index in [1.165, 1.54) is 10.9 Å². The number of hydrogen-bond donors (Lipinski definition) is 2. The monoisotopic (exact) mass is 405 g/mol. The molecule has 0 fully saturated rings. The number of aromatic amines is 1. The van der Waals surface area contributed by atoms with E-state index in [9.17, 15) is 9.90 Å². The number of nitrogens with one attached hydrogen (secondary N) is 1. The van der Waals surface area contributed by atoms with Crippen LogP contribution in [0.3, 0.4) is 0 Å². The van der Waals surface area contributed by atoms with Gasteiger partial charge in [0.25, 0.3) is 11.4 Å². The fourth-order valence-electron chi connectivity index (χ4n) is 3.06. The number of aromatic nitrogens is 5. The Hall–Kier alpha value is -3.91. The summed E-state index contributed by atoms with van der Waals surface area (Å²) in [5, 5.41) is 19.8. The minimum atomic E-state index is -0.570. The van der Waals surface area contributed by atoms with Gasteiger partial charge in [-0.1, -0.05) is 35.0 Å². The lowest BCUT2D eigenvalue weighted by atomic mass is 10.2. The molecule has 0 aliphatic rings. The molecule has 0 unspecified atom stereocenters. The number of nitrogens with zero attached hydrogens (tertiary/aromatic N) is 4. The van der Waals surface area contributed by atoms with E-state index in [0.29, 0.717) is 21.6 Å². The molecule has 3 heterocycles. The first-order chi connectivity index (χ1) is 14.1. The summed E-state index contributed by atoms with van der Waals surface area (Å²) in [5.74, 6) is -0.101. The summed E-state index contributed by atoms with van der Waals surface area (Å²) in [4.78, 5) is 19.7. The van der Waals surface area contributed by atoms with Crippen LogP contribution in [0.4, 0.5) is 0 Å². The van der Waals surface area contributed by atoms with Crippen molar-refractivity contribution in [2.75, 3.05) is 0 Å². The van der Waals surface area contributed by atoms with E-state index in [2.05, 4.69) is 20.2 Å². The Morgan fingerprint density at radius 3 is 2.59 bits per heavy atom. The van der Waals surface area contributed by atoms with E-state index < -0.39 is 5.56 Å². The lowest BCUT2D eigenvalue weighted by Crippen LogP contribution is -2.11. The number of hydrogen-bond acceptors (Lipinski definition) is 6. The molecule has 142 valence electrons. The van der Waals surface area contributed by atoms with Crippen LogP contribution in [0, 0.1) is 0 Å². The zero-order valence-corrected chi connectivity index (χ0v) is 15.5. The number of H-pyrrole nitrogens is 1. The van der Waals surface area contributed by atoms with E-state index in [1.54, 1.807) is 24.3 Å². The van der Waals surface area contributed by atoms with Gasteiger partial charge in [0, 0.05) is 10.6 Å². The molecule has 0 spiro atoms. The van der Waals surface area contributed by atoms with E-state index in [4.69, 9.17) is 16.1 Å². The maximum absolute atomic E-state index is 12.7. The van der Waals surface area contributed by atoms with E-state index in [1.807, 2.05) is 30.3 Å². The second-order valence-electron chi connectivity index (χ2n) is 6.26. The highest BCUT2D eigenvalue weighted by atomic mass is 35.5. The highest BCUT2D eigenvalue weighted by Crippen LogP contribution is 2.32. The topological polar surface area (TPSA) is 110 Å². The predicted octanol–water partition coefficient (Wildman–Crippen LogP) is 3.79. The fourth-order valence-corrected chi connectivity index (χ4v) is 3.18. The number of aromatic hydroxyl groups is 1. The van der Waals surface area contributed by atoms with Crippen LogP contribution in [0.5, 0.6) is 5.75 Å². The Kier molecular flexibility index (Phi) is 3.92. The maximum atomic E-state index is 12.7. The zero-order chi connectivity index (χ0) is 20.0. The molecule has 3 aromatic heterocycles. The van der Waals surface area contributed by atoms with Crippen LogP contribution in [0.2, 0.25) is 5.02 Å². The largest absolute Gasteiger partial charge is 0.506 e. The molecule has 2 N–H and O–H groups in total. The molecule has 0 amide bonds. The van der Waals surface area contributed by atoms with Crippen molar-refractivity contribution < 1.29 is 9.63 Å². The van der Waals surface area contributed by atoms with Crippen LogP contribution in [0.1, 0.15) is 0 Å². The van der Waals surface area contributed by atoms with Crippen molar-refractivity contribution in [2.24, 2.45) is 0 Å². The van der Waals surface area contributed by atoms with Crippen LogP contribution in [-0.2, 0) is 0 Å². The molecule has 0 bridgehead atoms. The zero-order valence-electron chi connectivity index (χ0n) is 14.7. The minimum absolute atomic E-state index is 0.0944. The molecule has 0 aliphatic carbocycles. The summed E-state index contributed by atoms with van der Waals surface area (Å²) in [6.45, 7) is 0. The van der Waals surface area contributed by atoms with Crippen molar-refractivity contribution in [3.63, 3.8) is 0 Å². The van der Waals surface area contributed by atoms with Gasteiger partial charge in [-0.05, 0) is 36.4 Å². The first kappa shape index (κ1) is 17.2. The fraction of sp³-hybridized carbons (Fsp3) is 0. The second kappa shape index (κ2) is 6.61. The molecule has 0 atom stereocenters. The Labute approximate surface area is 168 Å². The standard InChI is InChI=1S/C20H12ClN5O3/c21-12-8-6-11(7-9-12)17-23-20(29-25-17)15-16(27)14-10-22-26(18(14)24-19(15)28)13-4-2-1-3-5-13/h1-10H,(H2,24,27,28). The molecule has 29 heavy (non-hydrogen) atoms. The first-order valence-corrected chi connectivity index (χ1v) is 8.98. The maximum Gasteiger partial charge on any atom is 0.267 e. The molecule has 0 aliphatic heterocycles. The lowest BCUT2D eigenvalue weighted by molar-refractivity contribution is 0.426. The number of halogens is 1. The van der Waals surface area contributed by atoms with Gasteiger partial charge in [0.15, 0.2) is 0 Å². The third kappa shape index (κ3) is 2.86. The van der Waals surface area contributed by atoms with Gasteiger partial charge >= 0.3 is 0 Å². The molecule has 5 rings (SSSR count). The van der Waals surface area contributed by atoms with Gasteiger partial charge in [-0.3, -0.25) is 4.79 Å². The lowest BCUT2D eigenvalue weighted by Gasteiger charge is -2.04. The molecule has 0 saturated carbocycles. The summed E-state index contributed by atoms with van der Waals surface area (Å²) in [5.41, 5.74) is 1.09. The summed E-state index contributed by atoms with van der Waals surface area (Å²) in [6, 6.07) is 16.1. The van der Waals surface area contributed by atoms with Gasteiger partial charge in [0.05, 0.1) is 17.3 Å². The Balaban J connectivity index is 1.63. The van der Waals surface area contributed by atoms with E-state index in [0.717, 1.165) is 5.69 Å². The van der Waals surface area contributed by atoms with Gasteiger partial charge in [-0.25, -0.2) is 4.68 Å². The van der Waals surface area contributed by atoms with Crippen molar-refractivity contribution >= 4 is 22.6 Å². The number of benzene rings is 2. The number of rotatable bonds is 3.